The highest BCUT2D eigenvalue weighted by atomic mass is 32.1. The van der Waals surface area contributed by atoms with Crippen LogP contribution in [0.5, 0.6) is 0 Å². The Kier molecular flexibility index (Phi) is 4.98. The zero-order chi connectivity index (χ0) is 16.1. The van der Waals surface area contributed by atoms with Gasteiger partial charge in [-0.1, -0.05) is 24.3 Å². The van der Waals surface area contributed by atoms with Crippen molar-refractivity contribution in [1.29, 1.82) is 0 Å². The molecule has 0 aliphatic carbocycles. The molecule has 1 saturated heterocycles. The monoisotopic (exact) mass is 324 g/mol. The summed E-state index contributed by atoms with van der Waals surface area (Å²) >= 11 is 5.45. The van der Waals surface area contributed by atoms with Crippen LogP contribution in [0.15, 0.2) is 59.9 Å². The molecule has 0 spiro atoms. The molecule has 0 N–H and O–H groups in total. The summed E-state index contributed by atoms with van der Waals surface area (Å²) in [7, 11) is 0. The number of likely N-dealkylation sites (tertiary alicyclic amines) is 1. The molecule has 5 heteroatoms. The number of nitrogens with zero attached hydrogens (tertiary/aromatic N) is 3. The molecule has 0 radical (unpaired) electrons. The summed E-state index contributed by atoms with van der Waals surface area (Å²) in [6, 6.07) is 13.2. The molecule has 1 atom stereocenters. The Labute approximate surface area is 141 Å². The van der Waals surface area contributed by atoms with Gasteiger partial charge in [0.2, 0.25) is 0 Å². The van der Waals surface area contributed by atoms with Crippen LogP contribution in [-0.4, -0.2) is 27.5 Å². The van der Waals surface area contributed by atoms with Crippen LogP contribution in [0.4, 0.5) is 0 Å². The van der Waals surface area contributed by atoms with Crippen molar-refractivity contribution >= 4 is 23.7 Å². The average molecular weight is 324 g/mol. The summed E-state index contributed by atoms with van der Waals surface area (Å²) in [5, 5.41) is 0.368. The maximum Gasteiger partial charge on any atom is 0.276 e. The lowest BCUT2D eigenvalue weighted by Crippen LogP contribution is -2.38. The number of hydrogen-bond acceptors (Lipinski definition) is 3. The summed E-state index contributed by atoms with van der Waals surface area (Å²) in [6.07, 6.45) is 6.83. The molecule has 3 rings (SSSR count). The second kappa shape index (κ2) is 7.33. The maximum atomic E-state index is 12.2. The molecule has 1 amide bonds. The van der Waals surface area contributed by atoms with Crippen LogP contribution in [0, 0.1) is 0 Å². The Balaban J connectivity index is 1.83. The van der Waals surface area contributed by atoms with Crippen LogP contribution in [0.2, 0.25) is 0 Å². The number of aliphatic imine (C=N–C) groups is 1. The van der Waals surface area contributed by atoms with Gasteiger partial charge in [-0.2, -0.15) is 0 Å². The molecule has 118 valence electrons. The van der Waals surface area contributed by atoms with Gasteiger partial charge in [-0.25, -0.2) is 4.99 Å². The minimum absolute atomic E-state index is 0.150. The highest BCUT2D eigenvalue weighted by molar-refractivity contribution is 7.77. The predicted molar refractivity (Wildman–Crippen MR) is 93.1 cm³/mol. The van der Waals surface area contributed by atoms with Gasteiger partial charge in [-0.3, -0.25) is 9.78 Å². The Morgan fingerprint density at radius 3 is 2.74 bits per heavy atom. The van der Waals surface area contributed by atoms with E-state index in [0.717, 1.165) is 31.4 Å². The third-order valence-electron chi connectivity index (χ3n) is 4.04. The zero-order valence-corrected chi connectivity index (χ0v) is 13.6. The fourth-order valence-electron chi connectivity index (χ4n) is 2.88. The molecule has 23 heavy (non-hydrogen) atoms. The van der Waals surface area contributed by atoms with Gasteiger partial charge in [0, 0.05) is 24.5 Å². The third kappa shape index (κ3) is 3.74. The first-order valence-corrected chi connectivity index (χ1v) is 8.18. The van der Waals surface area contributed by atoms with Crippen LogP contribution in [0.1, 0.15) is 41.2 Å². The highest BCUT2D eigenvalue weighted by Gasteiger charge is 2.23. The van der Waals surface area contributed by atoms with Crippen molar-refractivity contribution in [2.24, 2.45) is 4.99 Å². The molecule has 0 bridgehead atoms. The maximum absolute atomic E-state index is 12.2. The number of benzene rings is 1. The molecule has 0 unspecified atom stereocenters. The van der Waals surface area contributed by atoms with Gasteiger partial charge in [0.1, 0.15) is 0 Å². The van der Waals surface area contributed by atoms with Gasteiger partial charge in [-0.05, 0) is 48.2 Å². The van der Waals surface area contributed by atoms with E-state index in [9.17, 15) is 4.79 Å². The number of amidine groups is 1. The molecular weight excluding hydrogens is 306 g/mol. The predicted octanol–water partition coefficient (Wildman–Crippen LogP) is 3.35. The summed E-state index contributed by atoms with van der Waals surface area (Å²) < 4.78 is 0. The molecule has 2 heterocycles. The summed E-state index contributed by atoms with van der Waals surface area (Å²) in [5.74, 6) is -0.286. The number of rotatable bonds is 2. The van der Waals surface area contributed by atoms with E-state index in [1.165, 1.54) is 0 Å². The molecule has 1 aliphatic heterocycles. The number of carbonyl (C=O) groups excluding carboxylic acids is 1. The average Bonchev–Trinajstić information content (AvgIpc) is 2.63. The molecule has 1 aliphatic rings. The number of aromatic nitrogens is 1. The number of carbonyl (C=O) groups is 1. The van der Waals surface area contributed by atoms with E-state index >= 15 is 0 Å². The molecule has 1 fully saturated rings. The standard InChI is InChI=1S/C18H19N3OS/c22-17(14-7-2-1-3-8-14)20-18(23)21-12-5-4-10-16(21)15-9-6-11-19-13-15/h1-3,6-9,11,13,16H,4-5,10,12H2,(H,20,22,23)/p-1/t16-/m0/s1. The molecule has 1 aromatic carbocycles. The summed E-state index contributed by atoms with van der Waals surface area (Å²) in [6.45, 7) is 0.823. The van der Waals surface area contributed by atoms with Gasteiger partial charge in [0.25, 0.3) is 5.91 Å². The van der Waals surface area contributed by atoms with Crippen molar-refractivity contribution in [2.45, 2.75) is 25.3 Å². The van der Waals surface area contributed by atoms with Crippen LogP contribution in [0.25, 0.3) is 0 Å². The summed E-state index contributed by atoms with van der Waals surface area (Å²) in [4.78, 5) is 22.6. The Morgan fingerprint density at radius 2 is 2.00 bits per heavy atom. The molecule has 0 saturated carbocycles. The first-order valence-electron chi connectivity index (χ1n) is 7.77. The van der Waals surface area contributed by atoms with E-state index in [0.29, 0.717) is 10.7 Å². The number of pyridine rings is 1. The quantitative estimate of drug-likeness (QED) is 0.483. The van der Waals surface area contributed by atoms with E-state index in [1.807, 2.05) is 30.5 Å². The van der Waals surface area contributed by atoms with Crippen molar-refractivity contribution in [2.75, 3.05) is 6.54 Å². The van der Waals surface area contributed by atoms with Crippen molar-refractivity contribution in [1.82, 2.24) is 9.88 Å². The van der Waals surface area contributed by atoms with Crippen molar-refractivity contribution < 1.29 is 4.79 Å². The summed E-state index contributed by atoms with van der Waals surface area (Å²) in [5.41, 5.74) is 1.68. The van der Waals surface area contributed by atoms with Crippen molar-refractivity contribution in [3.8, 4) is 0 Å². The minimum atomic E-state index is -0.286. The van der Waals surface area contributed by atoms with Gasteiger partial charge >= 0.3 is 0 Å². The smallest absolute Gasteiger partial charge is 0.276 e. The topological polar surface area (TPSA) is 45.6 Å². The van der Waals surface area contributed by atoms with Crippen LogP contribution in [-0.2, 0) is 12.6 Å². The van der Waals surface area contributed by atoms with Crippen LogP contribution < -0.4 is 0 Å². The van der Waals surface area contributed by atoms with Gasteiger partial charge in [0.15, 0.2) is 0 Å². The lowest BCUT2D eigenvalue weighted by Gasteiger charge is -2.41. The number of piperidine rings is 1. The first kappa shape index (κ1) is 15.6. The van der Waals surface area contributed by atoms with E-state index < -0.39 is 0 Å². The van der Waals surface area contributed by atoms with E-state index in [2.05, 4.69) is 20.9 Å². The van der Waals surface area contributed by atoms with Gasteiger partial charge in [-0.15, -0.1) is 0 Å². The normalized spacial score (nSPS) is 18.7. The zero-order valence-electron chi connectivity index (χ0n) is 12.8. The first-order chi connectivity index (χ1) is 11.3. The molecule has 4 nitrogen and oxygen atoms in total. The minimum Gasteiger partial charge on any atom is -0.742 e. The lowest BCUT2D eigenvalue weighted by atomic mass is 9.97. The molecule has 1 aromatic heterocycles. The van der Waals surface area contributed by atoms with Crippen molar-refractivity contribution in [3.05, 3.63) is 66.0 Å². The fraction of sp³-hybridized carbons (Fsp3) is 0.278. The van der Waals surface area contributed by atoms with E-state index in [1.54, 1.807) is 18.3 Å². The number of hydrogen-bond donors (Lipinski definition) is 0. The second-order valence-corrected chi connectivity index (χ2v) is 5.92. The largest absolute Gasteiger partial charge is 0.742 e. The van der Waals surface area contributed by atoms with Gasteiger partial charge < -0.3 is 17.5 Å². The van der Waals surface area contributed by atoms with Crippen LogP contribution >= 0.6 is 0 Å². The molecule has 2 aromatic rings. The van der Waals surface area contributed by atoms with Crippen LogP contribution in [0.3, 0.4) is 0 Å². The number of amides is 1. The fourth-order valence-corrected chi connectivity index (χ4v) is 3.18. The van der Waals surface area contributed by atoms with E-state index in [-0.39, 0.29) is 11.9 Å². The Bertz CT molecular complexity index is 688. The second-order valence-electron chi connectivity index (χ2n) is 5.56. The Hall–Kier alpha value is -2.27. The Morgan fingerprint density at radius 1 is 1.17 bits per heavy atom. The SMILES string of the molecule is O=C(N=C([S-])N1CCCC[C@H]1c1cccnc1)c1ccccc1. The molecular formula is C18H18N3OS-. The van der Waals surface area contributed by atoms with Gasteiger partial charge in [0.05, 0.1) is 6.04 Å². The lowest BCUT2D eigenvalue weighted by molar-refractivity contribution is 0.100. The third-order valence-corrected chi connectivity index (χ3v) is 4.36. The van der Waals surface area contributed by atoms with E-state index in [4.69, 9.17) is 12.6 Å². The van der Waals surface area contributed by atoms with Crippen molar-refractivity contribution in [3.63, 3.8) is 0 Å². The highest BCUT2D eigenvalue weighted by Crippen LogP contribution is 2.30.